The molecule has 3 aromatic rings. The molecule has 0 radical (unpaired) electrons. The summed E-state index contributed by atoms with van der Waals surface area (Å²) in [7, 11) is 3.51. The van der Waals surface area contributed by atoms with E-state index < -0.39 is 0 Å². The molecule has 6 nitrogen and oxygen atoms in total. The number of rotatable bonds is 8. The van der Waals surface area contributed by atoms with Gasteiger partial charge in [0, 0.05) is 23.5 Å². The molecule has 3 aromatic carbocycles. The molecule has 0 aliphatic heterocycles. The first-order valence-corrected chi connectivity index (χ1v) is 10.0. The maximum absolute atomic E-state index is 12.4. The number of likely N-dealkylation sites (N-methyl/N-ethyl adjacent to an activating group) is 1. The van der Waals surface area contributed by atoms with E-state index in [1.165, 1.54) is 11.1 Å². The minimum Gasteiger partial charge on any atom is -0.497 e. The van der Waals surface area contributed by atoms with E-state index in [1.807, 2.05) is 24.1 Å². The summed E-state index contributed by atoms with van der Waals surface area (Å²) in [5.41, 5.74) is 4.24. The van der Waals surface area contributed by atoms with E-state index in [2.05, 4.69) is 29.7 Å². The minimum absolute atomic E-state index is 0.105. The lowest BCUT2D eigenvalue weighted by Gasteiger charge is -2.17. The summed E-state index contributed by atoms with van der Waals surface area (Å²) >= 11 is 0. The third kappa shape index (κ3) is 6.42. The highest BCUT2D eigenvalue weighted by Gasteiger charge is 2.10. The largest absolute Gasteiger partial charge is 0.497 e. The number of benzene rings is 3. The summed E-state index contributed by atoms with van der Waals surface area (Å²) in [6.45, 7) is 3.04. The molecule has 0 unspecified atom stereocenters. The van der Waals surface area contributed by atoms with Crippen molar-refractivity contribution in [1.29, 1.82) is 0 Å². The van der Waals surface area contributed by atoms with Gasteiger partial charge in [0.05, 0.1) is 13.7 Å². The summed E-state index contributed by atoms with van der Waals surface area (Å²) in [5.74, 6) is 0.398. The van der Waals surface area contributed by atoms with Crippen molar-refractivity contribution in [3.05, 3.63) is 89.5 Å². The van der Waals surface area contributed by atoms with E-state index in [0.29, 0.717) is 23.5 Å². The van der Waals surface area contributed by atoms with Crippen molar-refractivity contribution < 1.29 is 14.3 Å². The van der Waals surface area contributed by atoms with E-state index in [1.54, 1.807) is 55.6 Å². The molecular weight excluding hydrogens is 390 g/mol. The van der Waals surface area contributed by atoms with Gasteiger partial charge in [-0.2, -0.15) is 0 Å². The van der Waals surface area contributed by atoms with Crippen LogP contribution in [-0.4, -0.2) is 37.4 Å². The quantitative estimate of drug-likeness (QED) is 0.572. The lowest BCUT2D eigenvalue weighted by Crippen LogP contribution is -2.30. The van der Waals surface area contributed by atoms with Gasteiger partial charge in [0.15, 0.2) is 0 Å². The number of nitrogens with one attached hydrogen (secondary N) is 2. The average molecular weight is 418 g/mol. The number of carbonyl (C=O) groups is 2. The highest BCUT2D eigenvalue weighted by atomic mass is 16.5. The number of hydrogen-bond acceptors (Lipinski definition) is 4. The molecule has 0 bridgehead atoms. The lowest BCUT2D eigenvalue weighted by atomic mass is 10.1. The van der Waals surface area contributed by atoms with Crippen LogP contribution in [-0.2, 0) is 11.3 Å². The number of methoxy groups -OCH3 is 1. The Hall–Kier alpha value is -3.64. The summed E-state index contributed by atoms with van der Waals surface area (Å²) in [4.78, 5) is 26.7. The van der Waals surface area contributed by atoms with Gasteiger partial charge in [-0.15, -0.1) is 0 Å². The number of hydrogen-bond donors (Lipinski definition) is 2. The van der Waals surface area contributed by atoms with Gasteiger partial charge in [0.25, 0.3) is 5.91 Å². The second-order valence-corrected chi connectivity index (χ2v) is 7.41. The predicted octanol–water partition coefficient (Wildman–Crippen LogP) is 4.33. The fourth-order valence-electron chi connectivity index (χ4n) is 3.16. The summed E-state index contributed by atoms with van der Waals surface area (Å²) < 4.78 is 5.11. The van der Waals surface area contributed by atoms with E-state index in [0.717, 1.165) is 5.75 Å². The van der Waals surface area contributed by atoms with Gasteiger partial charge >= 0.3 is 0 Å². The van der Waals surface area contributed by atoms with E-state index in [4.69, 9.17) is 4.74 Å². The second kappa shape index (κ2) is 10.4. The third-order valence-corrected chi connectivity index (χ3v) is 4.89. The standard InChI is InChI=1S/C25H27N3O3/c1-18-6-4-5-7-20(18)16-28(2)17-24(29)26-21-10-8-19(9-11-21)25(30)27-22-12-14-23(31-3)15-13-22/h4-15H,16-17H2,1-3H3,(H,26,29)(H,27,30). The van der Waals surface area contributed by atoms with Gasteiger partial charge in [-0.25, -0.2) is 0 Å². The van der Waals surface area contributed by atoms with Crippen LogP contribution in [0.15, 0.2) is 72.8 Å². The molecule has 0 saturated carbocycles. The maximum Gasteiger partial charge on any atom is 0.255 e. The van der Waals surface area contributed by atoms with Crippen LogP contribution in [0.1, 0.15) is 21.5 Å². The number of aryl methyl sites for hydroxylation is 1. The van der Waals surface area contributed by atoms with Crippen LogP contribution in [0.3, 0.4) is 0 Å². The van der Waals surface area contributed by atoms with Crippen LogP contribution in [0.25, 0.3) is 0 Å². The molecule has 0 aliphatic rings. The Kier molecular flexibility index (Phi) is 7.40. The normalized spacial score (nSPS) is 10.6. The number of carbonyl (C=O) groups excluding carboxylic acids is 2. The molecule has 0 heterocycles. The smallest absolute Gasteiger partial charge is 0.255 e. The average Bonchev–Trinajstić information content (AvgIpc) is 2.76. The predicted molar refractivity (Wildman–Crippen MR) is 124 cm³/mol. The first-order chi connectivity index (χ1) is 14.9. The molecule has 160 valence electrons. The third-order valence-electron chi connectivity index (χ3n) is 4.89. The summed E-state index contributed by atoms with van der Waals surface area (Å²) in [5, 5.41) is 5.71. The monoisotopic (exact) mass is 417 g/mol. The van der Waals surface area contributed by atoms with Crippen molar-refractivity contribution in [2.45, 2.75) is 13.5 Å². The van der Waals surface area contributed by atoms with E-state index in [-0.39, 0.29) is 18.4 Å². The lowest BCUT2D eigenvalue weighted by molar-refractivity contribution is -0.117. The van der Waals surface area contributed by atoms with Gasteiger partial charge in [-0.1, -0.05) is 24.3 Å². The molecular formula is C25H27N3O3. The zero-order chi connectivity index (χ0) is 22.2. The molecule has 0 fully saturated rings. The van der Waals surface area contributed by atoms with Gasteiger partial charge in [0.2, 0.25) is 5.91 Å². The maximum atomic E-state index is 12.4. The van der Waals surface area contributed by atoms with Gasteiger partial charge in [-0.05, 0) is 73.6 Å². The zero-order valence-corrected chi connectivity index (χ0v) is 18.0. The van der Waals surface area contributed by atoms with Crippen LogP contribution in [0, 0.1) is 6.92 Å². The van der Waals surface area contributed by atoms with Crippen LogP contribution < -0.4 is 15.4 Å². The molecule has 31 heavy (non-hydrogen) atoms. The Morgan fingerprint density at radius 3 is 2.13 bits per heavy atom. The van der Waals surface area contributed by atoms with Crippen molar-refractivity contribution in [2.75, 3.05) is 31.3 Å². The Bertz CT molecular complexity index is 1030. The Labute approximate surface area is 182 Å². The summed E-state index contributed by atoms with van der Waals surface area (Å²) in [6.07, 6.45) is 0. The molecule has 0 saturated heterocycles. The van der Waals surface area contributed by atoms with Gasteiger partial charge < -0.3 is 15.4 Å². The Balaban J connectivity index is 1.51. The van der Waals surface area contributed by atoms with Crippen molar-refractivity contribution in [3.8, 4) is 5.75 Å². The van der Waals surface area contributed by atoms with E-state index >= 15 is 0 Å². The molecule has 2 N–H and O–H groups in total. The van der Waals surface area contributed by atoms with Crippen molar-refractivity contribution in [2.24, 2.45) is 0 Å². The zero-order valence-electron chi connectivity index (χ0n) is 18.0. The first-order valence-electron chi connectivity index (χ1n) is 10.0. The van der Waals surface area contributed by atoms with Crippen LogP contribution in [0.5, 0.6) is 5.75 Å². The molecule has 3 rings (SSSR count). The topological polar surface area (TPSA) is 70.7 Å². The van der Waals surface area contributed by atoms with Gasteiger partial charge in [-0.3, -0.25) is 14.5 Å². The Morgan fingerprint density at radius 1 is 0.871 bits per heavy atom. The molecule has 6 heteroatoms. The van der Waals surface area contributed by atoms with Crippen molar-refractivity contribution >= 4 is 23.2 Å². The number of nitrogens with zero attached hydrogens (tertiary/aromatic N) is 1. The van der Waals surface area contributed by atoms with Gasteiger partial charge in [0.1, 0.15) is 5.75 Å². The highest BCUT2D eigenvalue weighted by Crippen LogP contribution is 2.17. The summed E-state index contributed by atoms with van der Waals surface area (Å²) in [6, 6.07) is 22.1. The number of ether oxygens (including phenoxy) is 1. The number of amides is 2. The molecule has 0 atom stereocenters. The molecule has 0 aromatic heterocycles. The first kappa shape index (κ1) is 22.1. The number of anilines is 2. The molecule has 0 spiro atoms. The van der Waals surface area contributed by atoms with Crippen molar-refractivity contribution in [1.82, 2.24) is 4.90 Å². The molecule has 0 aliphatic carbocycles. The van der Waals surface area contributed by atoms with E-state index in [9.17, 15) is 9.59 Å². The highest BCUT2D eigenvalue weighted by molar-refractivity contribution is 6.04. The fraction of sp³-hybridized carbons (Fsp3) is 0.200. The fourth-order valence-corrected chi connectivity index (χ4v) is 3.16. The SMILES string of the molecule is COc1ccc(NC(=O)c2ccc(NC(=O)CN(C)Cc3ccccc3C)cc2)cc1. The Morgan fingerprint density at radius 2 is 1.48 bits per heavy atom. The van der Waals surface area contributed by atoms with Crippen molar-refractivity contribution in [3.63, 3.8) is 0 Å². The van der Waals surface area contributed by atoms with Crippen LogP contribution in [0.2, 0.25) is 0 Å². The minimum atomic E-state index is -0.221. The van der Waals surface area contributed by atoms with Crippen LogP contribution >= 0.6 is 0 Å². The van der Waals surface area contributed by atoms with Crippen LogP contribution in [0.4, 0.5) is 11.4 Å². The second-order valence-electron chi connectivity index (χ2n) is 7.41. The molecule has 2 amide bonds.